The van der Waals surface area contributed by atoms with E-state index in [4.69, 9.17) is 0 Å². The van der Waals surface area contributed by atoms with Gasteiger partial charge in [0.25, 0.3) is 0 Å². The highest BCUT2D eigenvalue weighted by Gasteiger charge is 2.27. The lowest BCUT2D eigenvalue weighted by Gasteiger charge is -2.26. The zero-order chi connectivity index (χ0) is 8.48. The van der Waals surface area contributed by atoms with E-state index in [1.165, 1.54) is 25.7 Å². The van der Waals surface area contributed by atoms with Crippen LogP contribution in [-0.2, 0) is 0 Å². The molecule has 0 spiro atoms. The molecular formula is C11H22. The average molecular weight is 154 g/mol. The molecule has 0 radical (unpaired) electrons. The summed E-state index contributed by atoms with van der Waals surface area (Å²) in [5.41, 5.74) is 0.615. The van der Waals surface area contributed by atoms with Gasteiger partial charge in [-0.2, -0.15) is 0 Å². The summed E-state index contributed by atoms with van der Waals surface area (Å²) in [6, 6.07) is 0. The van der Waals surface area contributed by atoms with Crippen molar-refractivity contribution in [2.75, 3.05) is 0 Å². The van der Waals surface area contributed by atoms with E-state index in [-0.39, 0.29) is 0 Å². The first-order valence-corrected chi connectivity index (χ1v) is 5.01. The molecule has 0 aromatic rings. The van der Waals surface area contributed by atoms with Gasteiger partial charge in [-0.15, -0.1) is 0 Å². The van der Waals surface area contributed by atoms with E-state index in [0.717, 1.165) is 11.8 Å². The summed E-state index contributed by atoms with van der Waals surface area (Å²) in [4.78, 5) is 0. The summed E-state index contributed by atoms with van der Waals surface area (Å²) in [5, 5.41) is 0. The maximum Gasteiger partial charge on any atom is -0.0352 e. The van der Waals surface area contributed by atoms with Gasteiger partial charge < -0.3 is 0 Å². The number of hydrogen-bond acceptors (Lipinski definition) is 0. The number of rotatable bonds is 0. The Hall–Kier alpha value is 0. The smallest absolute Gasteiger partial charge is 0.0352 e. The third-order valence-corrected chi connectivity index (χ3v) is 3.36. The molecule has 11 heavy (non-hydrogen) atoms. The van der Waals surface area contributed by atoms with Gasteiger partial charge in [0, 0.05) is 0 Å². The minimum Gasteiger partial charge on any atom is -0.0623 e. The topological polar surface area (TPSA) is 0 Å². The second-order valence-electron chi connectivity index (χ2n) is 5.22. The van der Waals surface area contributed by atoms with Crippen molar-refractivity contribution < 1.29 is 0 Å². The van der Waals surface area contributed by atoms with Crippen molar-refractivity contribution in [1.82, 2.24) is 0 Å². The summed E-state index contributed by atoms with van der Waals surface area (Å²) in [6.45, 7) is 9.66. The van der Waals surface area contributed by atoms with Crippen molar-refractivity contribution in [3.8, 4) is 0 Å². The van der Waals surface area contributed by atoms with Crippen molar-refractivity contribution >= 4 is 0 Å². The van der Waals surface area contributed by atoms with Crippen LogP contribution in [0.3, 0.4) is 0 Å². The lowest BCUT2D eigenvalue weighted by molar-refractivity contribution is 0.254. The lowest BCUT2D eigenvalue weighted by atomic mass is 9.80. The van der Waals surface area contributed by atoms with Gasteiger partial charge in [-0.1, -0.05) is 40.5 Å². The van der Waals surface area contributed by atoms with Crippen LogP contribution in [0.2, 0.25) is 0 Å². The van der Waals surface area contributed by atoms with Crippen molar-refractivity contribution in [2.24, 2.45) is 17.3 Å². The van der Waals surface area contributed by atoms with E-state index in [2.05, 4.69) is 27.7 Å². The van der Waals surface area contributed by atoms with E-state index in [9.17, 15) is 0 Å². The van der Waals surface area contributed by atoms with Crippen LogP contribution in [-0.4, -0.2) is 0 Å². The van der Waals surface area contributed by atoms with Gasteiger partial charge in [-0.05, 0) is 30.1 Å². The molecule has 0 aromatic carbocycles. The Morgan fingerprint density at radius 2 is 1.73 bits per heavy atom. The van der Waals surface area contributed by atoms with Crippen LogP contribution in [0.15, 0.2) is 0 Å². The predicted octanol–water partition coefficient (Wildman–Crippen LogP) is 3.86. The SMILES string of the molecule is CC1CCCC(C)(C)CC1C. The molecule has 2 atom stereocenters. The molecule has 0 bridgehead atoms. The molecule has 66 valence electrons. The first-order valence-electron chi connectivity index (χ1n) is 5.01. The van der Waals surface area contributed by atoms with Crippen LogP contribution >= 0.6 is 0 Å². The van der Waals surface area contributed by atoms with E-state index in [1.54, 1.807) is 0 Å². The molecule has 0 nitrogen and oxygen atoms in total. The lowest BCUT2D eigenvalue weighted by Crippen LogP contribution is -2.15. The molecule has 1 rings (SSSR count). The first-order chi connectivity index (χ1) is 5.01. The third-order valence-electron chi connectivity index (χ3n) is 3.36. The Morgan fingerprint density at radius 3 is 2.36 bits per heavy atom. The normalized spacial score (nSPS) is 38.2. The zero-order valence-corrected chi connectivity index (χ0v) is 8.48. The molecule has 1 fully saturated rings. The highest BCUT2D eigenvalue weighted by atomic mass is 14.3. The van der Waals surface area contributed by atoms with Crippen LogP contribution in [0.25, 0.3) is 0 Å². The van der Waals surface area contributed by atoms with Crippen LogP contribution < -0.4 is 0 Å². The highest BCUT2D eigenvalue weighted by molar-refractivity contribution is 4.78. The summed E-state index contributed by atoms with van der Waals surface area (Å²) >= 11 is 0. The number of hydrogen-bond donors (Lipinski definition) is 0. The van der Waals surface area contributed by atoms with Crippen LogP contribution in [0.5, 0.6) is 0 Å². The molecule has 2 unspecified atom stereocenters. The molecule has 1 saturated carbocycles. The molecule has 0 heterocycles. The van der Waals surface area contributed by atoms with Gasteiger partial charge in [0.05, 0.1) is 0 Å². The minimum atomic E-state index is 0.615. The second-order valence-corrected chi connectivity index (χ2v) is 5.22. The van der Waals surface area contributed by atoms with Crippen LogP contribution in [0.1, 0.15) is 53.4 Å². The fourth-order valence-corrected chi connectivity index (χ4v) is 2.36. The van der Waals surface area contributed by atoms with E-state index in [0.29, 0.717) is 5.41 Å². The largest absolute Gasteiger partial charge is 0.0623 e. The molecule has 0 N–H and O–H groups in total. The molecular weight excluding hydrogens is 132 g/mol. The molecule has 0 heteroatoms. The van der Waals surface area contributed by atoms with Gasteiger partial charge in [0.15, 0.2) is 0 Å². The van der Waals surface area contributed by atoms with Gasteiger partial charge in [0.1, 0.15) is 0 Å². The quantitative estimate of drug-likeness (QED) is 0.465. The Balaban J connectivity index is 2.55. The van der Waals surface area contributed by atoms with E-state index >= 15 is 0 Å². The van der Waals surface area contributed by atoms with Gasteiger partial charge in [0.2, 0.25) is 0 Å². The predicted molar refractivity (Wildman–Crippen MR) is 50.6 cm³/mol. The fourth-order valence-electron chi connectivity index (χ4n) is 2.36. The monoisotopic (exact) mass is 154 g/mol. The average Bonchev–Trinajstić information content (AvgIpc) is 1.93. The summed E-state index contributed by atoms with van der Waals surface area (Å²) in [5.74, 6) is 1.89. The van der Waals surface area contributed by atoms with E-state index in [1.807, 2.05) is 0 Å². The summed E-state index contributed by atoms with van der Waals surface area (Å²) in [7, 11) is 0. The Labute approximate surface area is 71.4 Å². The standard InChI is InChI=1S/C11H22/c1-9-6-5-7-11(3,4)8-10(9)2/h9-10H,5-8H2,1-4H3. The second kappa shape index (κ2) is 3.16. The van der Waals surface area contributed by atoms with Gasteiger partial charge in [-0.25, -0.2) is 0 Å². The van der Waals surface area contributed by atoms with Crippen molar-refractivity contribution in [2.45, 2.75) is 53.4 Å². The minimum absolute atomic E-state index is 0.615. The maximum absolute atomic E-state index is 2.42. The molecule has 0 amide bonds. The maximum atomic E-state index is 2.42. The van der Waals surface area contributed by atoms with Crippen molar-refractivity contribution in [3.05, 3.63) is 0 Å². The third kappa shape index (κ3) is 2.50. The molecule has 0 aromatic heterocycles. The highest BCUT2D eigenvalue weighted by Crippen LogP contribution is 2.39. The Morgan fingerprint density at radius 1 is 1.09 bits per heavy atom. The molecule has 1 aliphatic carbocycles. The zero-order valence-electron chi connectivity index (χ0n) is 8.48. The molecule has 0 saturated heterocycles. The van der Waals surface area contributed by atoms with Crippen molar-refractivity contribution in [1.29, 1.82) is 0 Å². The molecule has 0 aliphatic heterocycles. The van der Waals surface area contributed by atoms with Crippen molar-refractivity contribution in [3.63, 3.8) is 0 Å². The summed E-state index contributed by atoms with van der Waals surface area (Å²) in [6.07, 6.45) is 5.75. The van der Waals surface area contributed by atoms with E-state index < -0.39 is 0 Å². The summed E-state index contributed by atoms with van der Waals surface area (Å²) < 4.78 is 0. The first kappa shape index (κ1) is 9.09. The van der Waals surface area contributed by atoms with Crippen LogP contribution in [0.4, 0.5) is 0 Å². The van der Waals surface area contributed by atoms with Gasteiger partial charge >= 0.3 is 0 Å². The van der Waals surface area contributed by atoms with Gasteiger partial charge in [-0.3, -0.25) is 0 Å². The Kier molecular flexibility index (Phi) is 2.61. The molecule has 1 aliphatic rings. The Bertz CT molecular complexity index is 124. The fraction of sp³-hybridized carbons (Fsp3) is 1.00. The van der Waals surface area contributed by atoms with Crippen LogP contribution in [0, 0.1) is 17.3 Å².